The molecule has 1 saturated heterocycles. The molecule has 1 amide bonds. The van der Waals surface area contributed by atoms with Crippen LogP contribution in [0.2, 0.25) is 0 Å². The smallest absolute Gasteiger partial charge is 0.410 e. The molecule has 0 aromatic rings. The zero-order valence-electron chi connectivity index (χ0n) is 17.9. The Kier molecular flexibility index (Phi) is 12.2. The van der Waals surface area contributed by atoms with Crippen LogP contribution in [0.4, 0.5) is 4.79 Å². The molecule has 160 valence electrons. The van der Waals surface area contributed by atoms with Crippen LogP contribution in [0.3, 0.4) is 0 Å². The molecule has 1 fully saturated rings. The van der Waals surface area contributed by atoms with Crippen LogP contribution in [0, 0.1) is 0 Å². The molecule has 1 atom stereocenters. The van der Waals surface area contributed by atoms with Gasteiger partial charge in [0.05, 0.1) is 12.1 Å². The predicted octanol–water partition coefficient (Wildman–Crippen LogP) is 1.75. The van der Waals surface area contributed by atoms with Crippen molar-refractivity contribution in [1.29, 1.82) is 0 Å². The predicted molar refractivity (Wildman–Crippen MR) is 120 cm³/mol. The summed E-state index contributed by atoms with van der Waals surface area (Å²) >= 11 is 0. The van der Waals surface area contributed by atoms with Crippen molar-refractivity contribution in [1.82, 2.24) is 20.4 Å². The Labute approximate surface area is 181 Å². The van der Waals surface area contributed by atoms with Crippen LogP contribution in [0.15, 0.2) is 4.99 Å². The minimum atomic E-state index is -0.464. The van der Waals surface area contributed by atoms with Gasteiger partial charge in [0.1, 0.15) is 5.60 Å². The van der Waals surface area contributed by atoms with Crippen molar-refractivity contribution in [3.05, 3.63) is 0 Å². The first-order valence-electron chi connectivity index (χ1n) is 9.36. The second-order valence-electron chi connectivity index (χ2n) is 7.85. The van der Waals surface area contributed by atoms with E-state index < -0.39 is 5.60 Å². The van der Waals surface area contributed by atoms with Gasteiger partial charge < -0.3 is 29.9 Å². The zero-order valence-corrected chi connectivity index (χ0v) is 20.2. The highest BCUT2D eigenvalue weighted by Crippen LogP contribution is 2.15. The van der Waals surface area contributed by atoms with E-state index in [-0.39, 0.29) is 42.2 Å². The first-order chi connectivity index (χ1) is 12.1. The third kappa shape index (κ3) is 10.9. The fraction of sp³-hybridized carbons (Fsp3) is 0.889. The second-order valence-corrected chi connectivity index (χ2v) is 7.85. The van der Waals surface area contributed by atoms with E-state index >= 15 is 0 Å². The molecule has 1 aliphatic heterocycles. The Hall–Kier alpha value is -0.810. The fourth-order valence-electron chi connectivity index (χ4n) is 2.53. The maximum Gasteiger partial charge on any atom is 0.410 e. The number of rotatable bonds is 8. The summed E-state index contributed by atoms with van der Waals surface area (Å²) in [5, 5.41) is 6.66. The number of amides is 1. The standard InChI is InChI=1S/C18H37N5O3.HI/c1-8-25-15(9-10-22(6)7)11-20-16(19-5)21-14-12-23(13-14)17(24)26-18(2,3)4;/h14-15H,8-13H2,1-7H3,(H2,19,20,21);1H. The summed E-state index contributed by atoms with van der Waals surface area (Å²) in [5.74, 6) is 0.730. The summed E-state index contributed by atoms with van der Waals surface area (Å²) in [7, 11) is 5.86. The molecule has 9 heteroatoms. The molecule has 0 aromatic carbocycles. The van der Waals surface area contributed by atoms with Crippen LogP contribution in [0.1, 0.15) is 34.1 Å². The van der Waals surface area contributed by atoms with Crippen LogP contribution in [0.5, 0.6) is 0 Å². The highest BCUT2D eigenvalue weighted by Gasteiger charge is 2.34. The van der Waals surface area contributed by atoms with Gasteiger partial charge in [-0.15, -0.1) is 24.0 Å². The van der Waals surface area contributed by atoms with Crippen molar-refractivity contribution >= 4 is 36.0 Å². The first-order valence-corrected chi connectivity index (χ1v) is 9.36. The van der Waals surface area contributed by atoms with Crippen LogP contribution in [-0.2, 0) is 9.47 Å². The van der Waals surface area contributed by atoms with Crippen LogP contribution in [-0.4, -0.2) is 93.5 Å². The third-order valence-corrected chi connectivity index (χ3v) is 3.90. The molecular formula is C18H38IN5O3. The number of hydrogen-bond donors (Lipinski definition) is 2. The molecule has 2 N–H and O–H groups in total. The molecule has 1 unspecified atom stereocenters. The number of nitrogens with zero attached hydrogens (tertiary/aromatic N) is 3. The van der Waals surface area contributed by atoms with E-state index in [0.717, 1.165) is 18.9 Å². The monoisotopic (exact) mass is 499 g/mol. The number of carbonyl (C=O) groups excluding carboxylic acids is 1. The number of halogens is 1. The van der Waals surface area contributed by atoms with Crippen molar-refractivity contribution in [3.8, 4) is 0 Å². The van der Waals surface area contributed by atoms with E-state index in [2.05, 4.69) is 34.6 Å². The SMILES string of the molecule is CCOC(CCN(C)C)CNC(=NC)NC1CN(C(=O)OC(C)(C)C)C1.I. The number of hydrogen-bond acceptors (Lipinski definition) is 5. The molecule has 0 radical (unpaired) electrons. The van der Waals surface area contributed by atoms with E-state index in [4.69, 9.17) is 9.47 Å². The van der Waals surface area contributed by atoms with Crippen molar-refractivity contribution in [2.45, 2.75) is 51.9 Å². The Balaban J connectivity index is 0.00000676. The lowest BCUT2D eigenvalue weighted by atomic mass is 10.1. The number of guanidine groups is 1. The Morgan fingerprint density at radius 2 is 1.96 bits per heavy atom. The van der Waals surface area contributed by atoms with Gasteiger partial charge in [0.25, 0.3) is 0 Å². The maximum absolute atomic E-state index is 12.0. The summed E-state index contributed by atoms with van der Waals surface area (Å²) in [4.78, 5) is 20.1. The van der Waals surface area contributed by atoms with Gasteiger partial charge in [-0.05, 0) is 48.2 Å². The minimum absolute atomic E-state index is 0. The summed E-state index contributed by atoms with van der Waals surface area (Å²) in [6, 6.07) is 0.182. The summed E-state index contributed by atoms with van der Waals surface area (Å²) in [6.45, 7) is 11.2. The number of carbonyl (C=O) groups is 1. The normalized spacial score (nSPS) is 16.4. The van der Waals surface area contributed by atoms with Crippen molar-refractivity contribution in [3.63, 3.8) is 0 Å². The first kappa shape index (κ1) is 26.2. The molecule has 1 rings (SSSR count). The lowest BCUT2D eigenvalue weighted by molar-refractivity contribution is 0.00697. The van der Waals surface area contributed by atoms with Gasteiger partial charge in [0, 0.05) is 39.8 Å². The second kappa shape index (κ2) is 12.6. The van der Waals surface area contributed by atoms with Crippen LogP contribution in [0.25, 0.3) is 0 Å². The van der Waals surface area contributed by atoms with E-state index in [1.807, 2.05) is 27.7 Å². The van der Waals surface area contributed by atoms with Gasteiger partial charge in [0.15, 0.2) is 5.96 Å². The van der Waals surface area contributed by atoms with Crippen LogP contribution < -0.4 is 10.6 Å². The number of likely N-dealkylation sites (tertiary alicyclic amines) is 1. The largest absolute Gasteiger partial charge is 0.444 e. The summed E-state index contributed by atoms with van der Waals surface area (Å²) < 4.78 is 11.2. The maximum atomic E-state index is 12.0. The summed E-state index contributed by atoms with van der Waals surface area (Å²) in [5.41, 5.74) is -0.464. The molecule has 0 bridgehead atoms. The van der Waals surface area contributed by atoms with Gasteiger partial charge >= 0.3 is 6.09 Å². The molecule has 0 aromatic heterocycles. The molecule has 0 spiro atoms. The third-order valence-electron chi connectivity index (χ3n) is 3.90. The highest BCUT2D eigenvalue weighted by molar-refractivity contribution is 14.0. The average molecular weight is 499 g/mol. The number of ether oxygens (including phenoxy) is 2. The van der Waals surface area contributed by atoms with Crippen molar-refractivity contribution < 1.29 is 14.3 Å². The van der Waals surface area contributed by atoms with E-state index in [0.29, 0.717) is 26.2 Å². The molecule has 0 saturated carbocycles. The van der Waals surface area contributed by atoms with E-state index in [1.165, 1.54) is 0 Å². The Bertz CT molecular complexity index is 462. The zero-order chi connectivity index (χ0) is 19.7. The van der Waals surface area contributed by atoms with Gasteiger partial charge in [-0.1, -0.05) is 0 Å². The van der Waals surface area contributed by atoms with Gasteiger partial charge in [-0.3, -0.25) is 4.99 Å². The molecule has 1 aliphatic rings. The molecule has 8 nitrogen and oxygen atoms in total. The number of aliphatic imine (C=N–C) groups is 1. The molecular weight excluding hydrogens is 461 g/mol. The van der Waals surface area contributed by atoms with Crippen molar-refractivity contribution in [2.75, 3.05) is 53.9 Å². The topological polar surface area (TPSA) is 78.4 Å². The fourth-order valence-corrected chi connectivity index (χ4v) is 2.53. The lowest BCUT2D eigenvalue weighted by Crippen LogP contribution is -2.63. The number of nitrogens with one attached hydrogen (secondary N) is 2. The van der Waals surface area contributed by atoms with Gasteiger partial charge in [-0.25, -0.2) is 4.79 Å². The lowest BCUT2D eigenvalue weighted by Gasteiger charge is -2.40. The van der Waals surface area contributed by atoms with Crippen molar-refractivity contribution in [2.24, 2.45) is 4.99 Å². The Morgan fingerprint density at radius 3 is 2.44 bits per heavy atom. The Morgan fingerprint density at radius 1 is 1.33 bits per heavy atom. The average Bonchev–Trinajstić information content (AvgIpc) is 2.48. The molecule has 0 aliphatic carbocycles. The van der Waals surface area contributed by atoms with Gasteiger partial charge in [-0.2, -0.15) is 0 Å². The van der Waals surface area contributed by atoms with E-state index in [1.54, 1.807) is 11.9 Å². The van der Waals surface area contributed by atoms with Gasteiger partial charge in [0.2, 0.25) is 0 Å². The van der Waals surface area contributed by atoms with Crippen LogP contribution >= 0.6 is 24.0 Å². The highest BCUT2D eigenvalue weighted by atomic mass is 127. The minimum Gasteiger partial charge on any atom is -0.444 e. The quantitative estimate of drug-likeness (QED) is 0.301. The molecule has 27 heavy (non-hydrogen) atoms. The van der Waals surface area contributed by atoms with E-state index in [9.17, 15) is 4.79 Å². The molecule has 1 heterocycles. The summed E-state index contributed by atoms with van der Waals surface area (Å²) in [6.07, 6.45) is 0.833.